The number of aromatic nitrogens is 2. The Bertz CT molecular complexity index is 1220. The molecule has 2 aromatic carbocycles. The van der Waals surface area contributed by atoms with Crippen LogP contribution in [0.5, 0.6) is 0 Å². The number of rotatable bonds is 6. The molecule has 0 saturated heterocycles. The Kier molecular flexibility index (Phi) is 6.56. The zero-order valence-electron chi connectivity index (χ0n) is 19.2. The predicted molar refractivity (Wildman–Crippen MR) is 138 cm³/mol. The Labute approximate surface area is 195 Å². The Morgan fingerprint density at radius 2 is 1.75 bits per heavy atom. The van der Waals surface area contributed by atoms with E-state index in [4.69, 9.17) is 12.2 Å². The van der Waals surface area contributed by atoms with Gasteiger partial charge in [0.2, 0.25) is 0 Å². The molecule has 5 heteroatoms. The molecule has 0 aliphatic rings. The van der Waals surface area contributed by atoms with E-state index in [1.807, 2.05) is 24.4 Å². The maximum Gasteiger partial charge on any atom is 0.173 e. The lowest BCUT2D eigenvalue weighted by Crippen LogP contribution is -2.36. The van der Waals surface area contributed by atoms with Crippen molar-refractivity contribution in [2.75, 3.05) is 11.9 Å². The third kappa shape index (κ3) is 5.17. The minimum atomic E-state index is 0.665. The van der Waals surface area contributed by atoms with Gasteiger partial charge in [0.15, 0.2) is 5.11 Å². The topological polar surface area (TPSA) is 44.0 Å². The van der Waals surface area contributed by atoms with Gasteiger partial charge in [0.25, 0.3) is 0 Å². The van der Waals surface area contributed by atoms with E-state index in [1.54, 1.807) is 0 Å². The van der Waals surface area contributed by atoms with E-state index in [9.17, 15) is 0 Å². The molecular weight excluding hydrogens is 412 g/mol. The summed E-state index contributed by atoms with van der Waals surface area (Å²) < 4.78 is 0. The summed E-state index contributed by atoms with van der Waals surface area (Å²) in [5.74, 6) is 0. The van der Waals surface area contributed by atoms with Crippen LogP contribution >= 0.6 is 12.2 Å². The van der Waals surface area contributed by atoms with E-state index < -0.39 is 0 Å². The highest BCUT2D eigenvalue weighted by Crippen LogP contribution is 2.24. The maximum absolute atomic E-state index is 5.87. The Morgan fingerprint density at radius 3 is 2.47 bits per heavy atom. The average Bonchev–Trinajstić information content (AvgIpc) is 3.05. The van der Waals surface area contributed by atoms with Gasteiger partial charge in [-0.25, -0.2) is 0 Å². The molecule has 32 heavy (non-hydrogen) atoms. The van der Waals surface area contributed by atoms with Crippen molar-refractivity contribution in [3.05, 3.63) is 94.4 Å². The Morgan fingerprint density at radius 1 is 0.969 bits per heavy atom. The molecule has 0 bridgehead atoms. The normalized spacial score (nSPS) is 11.0. The van der Waals surface area contributed by atoms with Crippen molar-refractivity contribution in [2.45, 2.75) is 40.7 Å². The molecule has 0 spiro atoms. The van der Waals surface area contributed by atoms with E-state index >= 15 is 0 Å². The molecule has 0 unspecified atom stereocenters. The fourth-order valence-corrected chi connectivity index (χ4v) is 4.53. The molecule has 2 N–H and O–H groups in total. The molecule has 4 rings (SSSR count). The number of anilines is 1. The molecule has 0 aliphatic carbocycles. The van der Waals surface area contributed by atoms with E-state index in [0.717, 1.165) is 24.3 Å². The average molecular weight is 443 g/mol. The van der Waals surface area contributed by atoms with Crippen molar-refractivity contribution in [1.82, 2.24) is 14.9 Å². The second kappa shape index (κ2) is 9.53. The van der Waals surface area contributed by atoms with Crippen LogP contribution in [0.2, 0.25) is 0 Å². The number of nitrogens with zero attached hydrogens (tertiary/aromatic N) is 2. The summed E-state index contributed by atoms with van der Waals surface area (Å²) >= 11 is 5.87. The summed E-state index contributed by atoms with van der Waals surface area (Å²) in [4.78, 5) is 10.3. The predicted octanol–water partition coefficient (Wildman–Crippen LogP) is 6.24. The molecule has 0 radical (unpaired) electrons. The third-order valence-electron chi connectivity index (χ3n) is 5.75. The summed E-state index contributed by atoms with van der Waals surface area (Å²) in [5, 5.41) is 5.47. The lowest BCUT2D eigenvalue weighted by Gasteiger charge is -2.26. The van der Waals surface area contributed by atoms with Crippen LogP contribution in [-0.4, -0.2) is 26.5 Å². The van der Waals surface area contributed by atoms with Gasteiger partial charge in [-0.1, -0.05) is 23.8 Å². The summed E-state index contributed by atoms with van der Waals surface area (Å²) in [7, 11) is 0. The van der Waals surface area contributed by atoms with Gasteiger partial charge in [0.05, 0.1) is 12.2 Å². The molecule has 0 amide bonds. The first-order valence-corrected chi connectivity index (χ1v) is 11.4. The van der Waals surface area contributed by atoms with Crippen LogP contribution in [0.1, 0.15) is 33.6 Å². The van der Waals surface area contributed by atoms with Crippen LogP contribution in [0, 0.1) is 27.7 Å². The molecule has 0 aliphatic heterocycles. The number of H-pyrrole nitrogens is 1. The van der Waals surface area contributed by atoms with Crippen molar-refractivity contribution in [2.24, 2.45) is 0 Å². The molecule has 0 saturated carbocycles. The highest BCUT2D eigenvalue weighted by atomic mass is 32.1. The van der Waals surface area contributed by atoms with Crippen LogP contribution in [0.15, 0.2) is 60.8 Å². The zero-order valence-corrected chi connectivity index (χ0v) is 20.0. The fraction of sp³-hybridized carbons (Fsp3) is 0.259. The third-order valence-corrected chi connectivity index (χ3v) is 6.11. The van der Waals surface area contributed by atoms with E-state index in [2.05, 4.69) is 84.3 Å². The number of pyridine rings is 1. The van der Waals surface area contributed by atoms with Gasteiger partial charge >= 0.3 is 0 Å². The number of hydrogen-bond donors (Lipinski definition) is 2. The number of benzene rings is 2. The van der Waals surface area contributed by atoms with Crippen molar-refractivity contribution in [3.63, 3.8) is 0 Å². The van der Waals surface area contributed by atoms with Gasteiger partial charge < -0.3 is 15.2 Å². The first-order chi connectivity index (χ1) is 15.4. The van der Waals surface area contributed by atoms with Crippen LogP contribution in [0.4, 0.5) is 5.69 Å². The van der Waals surface area contributed by atoms with Crippen LogP contribution in [0.25, 0.3) is 10.9 Å². The molecule has 0 fully saturated rings. The van der Waals surface area contributed by atoms with E-state index in [0.29, 0.717) is 11.7 Å². The molecular formula is C27H30N4S. The lowest BCUT2D eigenvalue weighted by molar-refractivity contribution is 0.417. The number of aromatic amines is 1. The second-order valence-electron chi connectivity index (χ2n) is 8.58. The van der Waals surface area contributed by atoms with Crippen molar-refractivity contribution in [1.29, 1.82) is 0 Å². The SMILES string of the molecule is Cc1cc(C)cc(NC(=S)N(CCc2c(C)[nH]c3ccc(C)cc23)Cc2ccccn2)c1. The van der Waals surface area contributed by atoms with Gasteiger partial charge in [-0.3, -0.25) is 4.98 Å². The summed E-state index contributed by atoms with van der Waals surface area (Å²) in [6.07, 6.45) is 2.73. The summed E-state index contributed by atoms with van der Waals surface area (Å²) in [6.45, 7) is 9.97. The van der Waals surface area contributed by atoms with Gasteiger partial charge in [-0.05, 0) is 99.4 Å². The number of fused-ring (bicyclic) bond motifs is 1. The smallest absolute Gasteiger partial charge is 0.173 e. The number of aryl methyl sites for hydroxylation is 4. The number of nitrogens with one attached hydrogen (secondary N) is 2. The summed E-state index contributed by atoms with van der Waals surface area (Å²) in [5.41, 5.74) is 9.50. The maximum atomic E-state index is 5.87. The van der Waals surface area contributed by atoms with Gasteiger partial charge in [0.1, 0.15) is 0 Å². The molecule has 4 nitrogen and oxygen atoms in total. The van der Waals surface area contributed by atoms with Gasteiger partial charge in [-0.15, -0.1) is 0 Å². The second-order valence-corrected chi connectivity index (χ2v) is 8.96. The summed E-state index contributed by atoms with van der Waals surface area (Å²) in [6, 6.07) is 19.0. The molecule has 4 aromatic rings. The molecule has 0 atom stereocenters. The molecule has 2 aromatic heterocycles. The van der Waals surface area contributed by atoms with Crippen LogP contribution < -0.4 is 5.32 Å². The fourth-order valence-electron chi connectivity index (χ4n) is 4.25. The van der Waals surface area contributed by atoms with E-state index in [-0.39, 0.29) is 0 Å². The standard InChI is InChI=1S/C27H30N4S/c1-18-8-9-26-25(16-18)24(21(4)29-26)10-12-31(17-22-7-5-6-11-28-22)27(32)30-23-14-19(2)13-20(3)15-23/h5-9,11,13-16,29H,10,12,17H2,1-4H3,(H,30,32). The van der Waals surface area contributed by atoms with Crippen molar-refractivity contribution in [3.8, 4) is 0 Å². The first kappa shape index (κ1) is 22.0. The van der Waals surface area contributed by atoms with E-state index in [1.165, 1.54) is 38.9 Å². The van der Waals surface area contributed by atoms with Gasteiger partial charge in [0, 0.05) is 35.0 Å². The quantitative estimate of drug-likeness (QED) is 0.347. The molecule has 164 valence electrons. The Hall–Kier alpha value is -3.18. The van der Waals surface area contributed by atoms with Crippen molar-refractivity contribution < 1.29 is 0 Å². The zero-order chi connectivity index (χ0) is 22.7. The Balaban J connectivity index is 1.57. The number of hydrogen-bond acceptors (Lipinski definition) is 2. The molecule has 2 heterocycles. The van der Waals surface area contributed by atoms with Gasteiger partial charge in [-0.2, -0.15) is 0 Å². The van der Waals surface area contributed by atoms with Crippen molar-refractivity contribution >= 4 is 33.9 Å². The minimum absolute atomic E-state index is 0.665. The van der Waals surface area contributed by atoms with Crippen LogP contribution in [0.3, 0.4) is 0 Å². The monoisotopic (exact) mass is 442 g/mol. The largest absolute Gasteiger partial charge is 0.358 e. The highest BCUT2D eigenvalue weighted by molar-refractivity contribution is 7.80. The minimum Gasteiger partial charge on any atom is -0.358 e. The number of thiocarbonyl (C=S) groups is 1. The highest BCUT2D eigenvalue weighted by Gasteiger charge is 2.15. The van der Waals surface area contributed by atoms with Crippen LogP contribution in [-0.2, 0) is 13.0 Å². The lowest BCUT2D eigenvalue weighted by atomic mass is 10.1. The first-order valence-electron chi connectivity index (χ1n) is 11.0.